The van der Waals surface area contributed by atoms with Crippen molar-refractivity contribution < 1.29 is 22.7 Å². The van der Waals surface area contributed by atoms with Gasteiger partial charge in [-0.05, 0) is 37.0 Å². The van der Waals surface area contributed by atoms with Gasteiger partial charge in [0.05, 0.1) is 34.1 Å². The van der Waals surface area contributed by atoms with Crippen LogP contribution < -0.4 is 0 Å². The third-order valence-corrected chi connectivity index (χ3v) is 8.93. The van der Waals surface area contributed by atoms with Gasteiger partial charge < -0.3 is 4.74 Å². The van der Waals surface area contributed by atoms with E-state index in [-0.39, 0.29) is 34.7 Å². The second-order valence-corrected chi connectivity index (χ2v) is 12.5. The second kappa shape index (κ2) is 11.4. The predicted octanol–water partition coefficient (Wildman–Crippen LogP) is 4.68. The Morgan fingerprint density at radius 1 is 1.22 bits per heavy atom. The van der Waals surface area contributed by atoms with E-state index in [1.54, 1.807) is 37.4 Å². The number of sulfone groups is 1. The molecule has 6 nitrogen and oxygen atoms in total. The molecule has 1 aliphatic rings. The Morgan fingerprint density at radius 2 is 1.91 bits per heavy atom. The molecule has 174 valence electrons. The minimum atomic E-state index is -3.28. The number of thioether (sulfide) groups is 1. The molecule has 0 saturated heterocycles. The summed E-state index contributed by atoms with van der Waals surface area (Å²) in [6, 6.07) is 6.73. The van der Waals surface area contributed by atoms with Crippen LogP contribution in [0.4, 0.5) is 0 Å². The maximum absolute atomic E-state index is 13.3. The minimum absolute atomic E-state index is 0.0975. The van der Waals surface area contributed by atoms with Gasteiger partial charge in [0.1, 0.15) is 10.8 Å². The SMILES string of the molecule is CCOC(=O)CSc1cnc(CC(=O)C(CC2CCCC2)c2ccc(S(C)(=O)=O)cc2)s1. The number of thiazole rings is 1. The average molecular weight is 496 g/mol. The van der Waals surface area contributed by atoms with Crippen LogP contribution in [0.3, 0.4) is 0 Å². The van der Waals surface area contributed by atoms with Crippen molar-refractivity contribution in [2.24, 2.45) is 5.92 Å². The van der Waals surface area contributed by atoms with Crippen molar-refractivity contribution in [1.29, 1.82) is 0 Å². The fraction of sp³-hybridized carbons (Fsp3) is 0.522. The highest BCUT2D eigenvalue weighted by molar-refractivity contribution is 8.01. The van der Waals surface area contributed by atoms with Gasteiger partial charge in [-0.1, -0.05) is 37.8 Å². The molecule has 3 rings (SSSR count). The molecule has 2 aromatic rings. The maximum atomic E-state index is 13.3. The molecule has 0 aliphatic heterocycles. The average Bonchev–Trinajstić information content (AvgIpc) is 3.42. The third kappa shape index (κ3) is 7.15. The van der Waals surface area contributed by atoms with E-state index in [1.807, 2.05) is 0 Å². The van der Waals surface area contributed by atoms with Gasteiger partial charge in [0.15, 0.2) is 9.84 Å². The third-order valence-electron chi connectivity index (χ3n) is 5.64. The molecule has 1 unspecified atom stereocenters. The number of hydrogen-bond donors (Lipinski definition) is 0. The van der Waals surface area contributed by atoms with Gasteiger partial charge >= 0.3 is 5.97 Å². The summed E-state index contributed by atoms with van der Waals surface area (Å²) in [5.74, 6) is 0.301. The molecule has 1 saturated carbocycles. The Labute approximate surface area is 198 Å². The Kier molecular flexibility index (Phi) is 8.90. The number of benzene rings is 1. The van der Waals surface area contributed by atoms with Crippen LogP contribution >= 0.6 is 23.1 Å². The summed E-state index contributed by atoms with van der Waals surface area (Å²) in [7, 11) is -3.28. The number of rotatable bonds is 11. The molecule has 1 heterocycles. The van der Waals surface area contributed by atoms with E-state index in [2.05, 4.69) is 4.98 Å². The number of esters is 1. The molecule has 1 atom stereocenters. The van der Waals surface area contributed by atoms with Crippen LogP contribution in [0.15, 0.2) is 39.6 Å². The van der Waals surface area contributed by atoms with Crippen LogP contribution in [-0.4, -0.2) is 43.8 Å². The minimum Gasteiger partial charge on any atom is -0.465 e. The van der Waals surface area contributed by atoms with Crippen LogP contribution in [0.1, 0.15) is 55.5 Å². The molecule has 9 heteroatoms. The number of nitrogens with zero attached hydrogens (tertiary/aromatic N) is 1. The lowest BCUT2D eigenvalue weighted by Gasteiger charge is -2.20. The molecule has 32 heavy (non-hydrogen) atoms. The van der Waals surface area contributed by atoms with Crippen molar-refractivity contribution in [2.75, 3.05) is 18.6 Å². The zero-order valence-corrected chi connectivity index (χ0v) is 20.9. The summed E-state index contributed by atoms with van der Waals surface area (Å²) >= 11 is 2.79. The Balaban J connectivity index is 1.70. The number of carbonyl (C=O) groups is 2. The lowest BCUT2D eigenvalue weighted by atomic mass is 9.84. The summed E-state index contributed by atoms with van der Waals surface area (Å²) in [5.41, 5.74) is 0.864. The number of Topliss-reactive ketones (excluding diaryl/α,β-unsaturated/α-hetero) is 1. The van der Waals surface area contributed by atoms with Gasteiger partial charge in [0.2, 0.25) is 0 Å². The van der Waals surface area contributed by atoms with E-state index in [4.69, 9.17) is 4.74 Å². The van der Waals surface area contributed by atoms with Gasteiger partial charge in [-0.25, -0.2) is 13.4 Å². The molecular formula is C23H29NO5S3. The van der Waals surface area contributed by atoms with Crippen LogP contribution in [0.2, 0.25) is 0 Å². The number of aromatic nitrogens is 1. The van der Waals surface area contributed by atoms with Gasteiger partial charge in [-0.2, -0.15) is 0 Å². The van der Waals surface area contributed by atoms with Crippen LogP contribution in [0, 0.1) is 5.92 Å². The Hall–Kier alpha value is -1.71. The summed E-state index contributed by atoms with van der Waals surface area (Å²) < 4.78 is 29.4. The zero-order valence-electron chi connectivity index (χ0n) is 18.4. The van der Waals surface area contributed by atoms with Crippen LogP contribution in [-0.2, 0) is 30.6 Å². The normalized spacial score (nSPS) is 15.6. The highest BCUT2D eigenvalue weighted by atomic mass is 32.2. The predicted molar refractivity (Wildman–Crippen MR) is 127 cm³/mol. The van der Waals surface area contributed by atoms with Crippen LogP contribution in [0.25, 0.3) is 0 Å². The second-order valence-electron chi connectivity index (χ2n) is 8.09. The topological polar surface area (TPSA) is 90.4 Å². The number of hydrogen-bond acceptors (Lipinski definition) is 8. The first-order valence-electron chi connectivity index (χ1n) is 10.8. The van der Waals surface area contributed by atoms with E-state index in [0.717, 1.165) is 34.0 Å². The summed E-state index contributed by atoms with van der Waals surface area (Å²) in [4.78, 5) is 29.5. The van der Waals surface area contributed by atoms with Crippen molar-refractivity contribution in [3.63, 3.8) is 0 Å². The van der Waals surface area contributed by atoms with E-state index in [1.165, 1.54) is 42.2 Å². The first-order valence-corrected chi connectivity index (χ1v) is 14.5. The van der Waals surface area contributed by atoms with E-state index in [0.29, 0.717) is 12.5 Å². The first kappa shape index (κ1) is 24.9. The van der Waals surface area contributed by atoms with Crippen molar-refractivity contribution >= 4 is 44.7 Å². The lowest BCUT2D eigenvalue weighted by Crippen LogP contribution is -2.18. The highest BCUT2D eigenvalue weighted by Gasteiger charge is 2.27. The first-order chi connectivity index (χ1) is 15.3. The molecule has 1 fully saturated rings. The summed E-state index contributed by atoms with van der Waals surface area (Å²) in [6.07, 6.45) is 8.57. The quantitative estimate of drug-likeness (QED) is 0.330. The molecule has 0 amide bonds. The standard InChI is InChI=1S/C23H29NO5S3/c1-3-29-22(26)15-30-23-14-24-21(31-23)13-20(25)19(12-16-6-4-5-7-16)17-8-10-18(11-9-17)32(2,27)28/h8-11,14,16,19H,3-7,12-13,15H2,1-2H3. The van der Waals surface area contributed by atoms with Crippen molar-refractivity contribution in [3.8, 4) is 0 Å². The van der Waals surface area contributed by atoms with E-state index >= 15 is 0 Å². The summed E-state index contributed by atoms with van der Waals surface area (Å²) in [5, 5.41) is 0.727. The fourth-order valence-corrected chi connectivity index (χ4v) is 6.49. The monoisotopic (exact) mass is 495 g/mol. The Morgan fingerprint density at radius 3 is 2.53 bits per heavy atom. The maximum Gasteiger partial charge on any atom is 0.316 e. The largest absolute Gasteiger partial charge is 0.465 e. The molecular weight excluding hydrogens is 466 g/mol. The van der Waals surface area contributed by atoms with E-state index in [9.17, 15) is 18.0 Å². The van der Waals surface area contributed by atoms with Crippen molar-refractivity contribution in [1.82, 2.24) is 4.98 Å². The van der Waals surface area contributed by atoms with Gasteiger partial charge in [0.25, 0.3) is 0 Å². The van der Waals surface area contributed by atoms with Gasteiger partial charge in [-0.15, -0.1) is 23.1 Å². The lowest BCUT2D eigenvalue weighted by molar-refractivity contribution is -0.139. The molecule has 1 aromatic carbocycles. The van der Waals surface area contributed by atoms with E-state index < -0.39 is 9.84 Å². The smallest absolute Gasteiger partial charge is 0.316 e. The highest BCUT2D eigenvalue weighted by Crippen LogP contribution is 2.36. The van der Waals surface area contributed by atoms with Crippen molar-refractivity contribution in [3.05, 3.63) is 41.0 Å². The molecule has 0 radical (unpaired) electrons. The van der Waals surface area contributed by atoms with Gasteiger partial charge in [0, 0.05) is 12.2 Å². The number of carbonyl (C=O) groups excluding carboxylic acids is 2. The molecule has 0 N–H and O–H groups in total. The molecule has 1 aromatic heterocycles. The van der Waals surface area contributed by atoms with Gasteiger partial charge in [-0.3, -0.25) is 9.59 Å². The van der Waals surface area contributed by atoms with Crippen molar-refractivity contribution in [2.45, 2.75) is 60.5 Å². The number of ketones is 1. The zero-order chi connectivity index (χ0) is 23.1. The summed E-state index contributed by atoms with van der Waals surface area (Å²) in [6.45, 7) is 2.13. The molecule has 1 aliphatic carbocycles. The molecule has 0 spiro atoms. The number of ether oxygens (including phenoxy) is 1. The Bertz CT molecular complexity index is 1020. The fourth-order valence-electron chi connectivity index (χ4n) is 4.03. The van der Waals surface area contributed by atoms with Crippen LogP contribution in [0.5, 0.6) is 0 Å². The molecule has 0 bridgehead atoms.